The fraction of sp³-hybridized carbons (Fsp3) is 0.562. The third kappa shape index (κ3) is 4.84. The third-order valence-electron chi connectivity index (χ3n) is 3.75. The highest BCUT2D eigenvalue weighted by molar-refractivity contribution is 7.98. The van der Waals surface area contributed by atoms with Gasteiger partial charge < -0.3 is 10.0 Å². The minimum absolute atomic E-state index is 0.183. The molecule has 0 bridgehead atoms. The number of hydrogen-bond acceptors (Lipinski definition) is 3. The summed E-state index contributed by atoms with van der Waals surface area (Å²) in [7, 11) is 0. The number of nitrogens with zero attached hydrogens (tertiary/aromatic N) is 1. The van der Waals surface area contributed by atoms with Crippen molar-refractivity contribution in [2.24, 2.45) is 11.8 Å². The lowest BCUT2D eigenvalue weighted by atomic mass is 9.90. The SMILES string of the molecule is CC1CC(C(=O)O)CN(CCSCc2ccccc2)C1. The van der Waals surface area contributed by atoms with Crippen LogP contribution in [0.1, 0.15) is 18.9 Å². The molecule has 3 nitrogen and oxygen atoms in total. The van der Waals surface area contributed by atoms with Crippen molar-refractivity contribution in [2.75, 3.05) is 25.4 Å². The summed E-state index contributed by atoms with van der Waals surface area (Å²) in [5, 5.41) is 9.16. The van der Waals surface area contributed by atoms with Crippen LogP contribution in [0.2, 0.25) is 0 Å². The first-order valence-corrected chi connectivity index (χ1v) is 8.37. The van der Waals surface area contributed by atoms with Crippen LogP contribution >= 0.6 is 11.8 Å². The number of carboxylic acid groups (broad SMARTS) is 1. The number of carbonyl (C=O) groups is 1. The van der Waals surface area contributed by atoms with Gasteiger partial charge in [-0.1, -0.05) is 37.3 Å². The van der Waals surface area contributed by atoms with Crippen molar-refractivity contribution in [2.45, 2.75) is 19.1 Å². The van der Waals surface area contributed by atoms with Gasteiger partial charge in [-0.15, -0.1) is 0 Å². The second-order valence-electron chi connectivity index (χ2n) is 5.67. The van der Waals surface area contributed by atoms with E-state index in [-0.39, 0.29) is 5.92 Å². The molecule has 2 rings (SSSR count). The van der Waals surface area contributed by atoms with E-state index in [0.29, 0.717) is 12.5 Å². The molecule has 0 aliphatic carbocycles. The van der Waals surface area contributed by atoms with Gasteiger partial charge in [-0.2, -0.15) is 11.8 Å². The van der Waals surface area contributed by atoms with E-state index < -0.39 is 5.97 Å². The molecule has 2 unspecified atom stereocenters. The molecular weight excluding hydrogens is 270 g/mol. The number of rotatable bonds is 6. The summed E-state index contributed by atoms with van der Waals surface area (Å²) in [6, 6.07) is 10.5. The number of likely N-dealkylation sites (tertiary alicyclic amines) is 1. The Labute approximate surface area is 125 Å². The fourth-order valence-corrected chi connectivity index (χ4v) is 3.74. The van der Waals surface area contributed by atoms with Gasteiger partial charge in [0.2, 0.25) is 0 Å². The molecule has 1 aromatic rings. The highest BCUT2D eigenvalue weighted by Crippen LogP contribution is 2.22. The van der Waals surface area contributed by atoms with E-state index in [4.69, 9.17) is 5.11 Å². The molecule has 2 atom stereocenters. The van der Waals surface area contributed by atoms with E-state index in [1.165, 1.54) is 5.56 Å². The largest absolute Gasteiger partial charge is 0.481 e. The van der Waals surface area contributed by atoms with Crippen LogP contribution in [0.3, 0.4) is 0 Å². The quantitative estimate of drug-likeness (QED) is 0.819. The summed E-state index contributed by atoms with van der Waals surface area (Å²) in [5.74, 6) is 1.76. The van der Waals surface area contributed by atoms with Gasteiger partial charge >= 0.3 is 5.97 Å². The van der Waals surface area contributed by atoms with Gasteiger partial charge in [0.05, 0.1) is 5.92 Å². The summed E-state index contributed by atoms with van der Waals surface area (Å²) in [5.41, 5.74) is 1.35. The summed E-state index contributed by atoms with van der Waals surface area (Å²) < 4.78 is 0. The normalized spacial score (nSPS) is 23.6. The van der Waals surface area contributed by atoms with Gasteiger partial charge in [-0.05, 0) is 17.9 Å². The Bertz CT molecular complexity index is 424. The minimum Gasteiger partial charge on any atom is -0.481 e. The lowest BCUT2D eigenvalue weighted by Gasteiger charge is -2.34. The molecule has 0 saturated carbocycles. The first-order chi connectivity index (χ1) is 9.65. The van der Waals surface area contributed by atoms with Crippen LogP contribution < -0.4 is 0 Å². The maximum Gasteiger partial charge on any atom is 0.307 e. The molecule has 1 fully saturated rings. The number of thioether (sulfide) groups is 1. The molecule has 1 N–H and O–H groups in total. The second kappa shape index (κ2) is 7.70. The third-order valence-corrected chi connectivity index (χ3v) is 4.76. The molecule has 110 valence electrons. The lowest BCUT2D eigenvalue weighted by molar-refractivity contribution is -0.144. The molecule has 0 radical (unpaired) electrons. The summed E-state index contributed by atoms with van der Waals surface area (Å²) >= 11 is 1.92. The van der Waals surface area contributed by atoms with Crippen molar-refractivity contribution in [1.82, 2.24) is 4.90 Å². The average molecular weight is 293 g/mol. The summed E-state index contributed by atoms with van der Waals surface area (Å²) in [4.78, 5) is 13.4. The van der Waals surface area contributed by atoms with E-state index in [9.17, 15) is 4.79 Å². The number of piperidine rings is 1. The van der Waals surface area contributed by atoms with Crippen molar-refractivity contribution in [1.29, 1.82) is 0 Å². The molecule has 1 aromatic carbocycles. The van der Waals surface area contributed by atoms with E-state index in [1.54, 1.807) is 0 Å². The van der Waals surface area contributed by atoms with Gasteiger partial charge in [0.1, 0.15) is 0 Å². The van der Waals surface area contributed by atoms with E-state index in [0.717, 1.165) is 31.0 Å². The predicted molar refractivity (Wildman–Crippen MR) is 84.0 cm³/mol. The first-order valence-electron chi connectivity index (χ1n) is 7.22. The van der Waals surface area contributed by atoms with Crippen molar-refractivity contribution in [3.63, 3.8) is 0 Å². The van der Waals surface area contributed by atoms with Crippen LogP contribution in [0.25, 0.3) is 0 Å². The van der Waals surface area contributed by atoms with Crippen LogP contribution in [0.4, 0.5) is 0 Å². The van der Waals surface area contributed by atoms with E-state index in [2.05, 4.69) is 36.1 Å². The number of benzene rings is 1. The molecular formula is C16H23NO2S. The average Bonchev–Trinajstić information content (AvgIpc) is 2.44. The van der Waals surface area contributed by atoms with Gasteiger partial charge in [0.25, 0.3) is 0 Å². The molecule has 1 aliphatic rings. The fourth-order valence-electron chi connectivity index (χ4n) is 2.78. The molecule has 1 saturated heterocycles. The first kappa shape index (κ1) is 15.4. The molecule has 0 amide bonds. The zero-order valence-corrected chi connectivity index (χ0v) is 12.8. The predicted octanol–water partition coefficient (Wildman–Crippen LogP) is 2.96. The van der Waals surface area contributed by atoms with Crippen LogP contribution in [-0.4, -0.2) is 41.4 Å². The Hall–Kier alpha value is -1.00. The maximum absolute atomic E-state index is 11.1. The maximum atomic E-state index is 11.1. The highest BCUT2D eigenvalue weighted by Gasteiger charge is 2.28. The van der Waals surface area contributed by atoms with Gasteiger partial charge in [0, 0.05) is 31.1 Å². The van der Waals surface area contributed by atoms with Crippen molar-refractivity contribution < 1.29 is 9.90 Å². The monoisotopic (exact) mass is 293 g/mol. The number of hydrogen-bond donors (Lipinski definition) is 1. The van der Waals surface area contributed by atoms with Crippen molar-refractivity contribution in [3.8, 4) is 0 Å². The molecule has 4 heteroatoms. The van der Waals surface area contributed by atoms with Crippen molar-refractivity contribution in [3.05, 3.63) is 35.9 Å². The smallest absolute Gasteiger partial charge is 0.307 e. The van der Waals surface area contributed by atoms with E-state index in [1.807, 2.05) is 17.8 Å². The number of aliphatic carboxylic acids is 1. The summed E-state index contributed by atoms with van der Waals surface area (Å²) in [6.45, 7) is 4.89. The zero-order valence-electron chi connectivity index (χ0n) is 12.0. The van der Waals surface area contributed by atoms with Gasteiger partial charge in [0.15, 0.2) is 0 Å². The second-order valence-corrected chi connectivity index (χ2v) is 6.78. The highest BCUT2D eigenvalue weighted by atomic mass is 32.2. The molecule has 0 spiro atoms. The summed E-state index contributed by atoms with van der Waals surface area (Å²) in [6.07, 6.45) is 0.822. The van der Waals surface area contributed by atoms with Crippen LogP contribution in [0.15, 0.2) is 30.3 Å². The standard InChI is InChI=1S/C16H23NO2S/c1-13-9-15(16(18)19)11-17(10-13)7-8-20-12-14-5-3-2-4-6-14/h2-6,13,15H,7-12H2,1H3,(H,18,19). The molecule has 1 heterocycles. The Morgan fingerprint density at radius 3 is 2.80 bits per heavy atom. The van der Waals surface area contributed by atoms with E-state index >= 15 is 0 Å². The van der Waals surface area contributed by atoms with Gasteiger partial charge in [-0.25, -0.2) is 0 Å². The van der Waals surface area contributed by atoms with Gasteiger partial charge in [-0.3, -0.25) is 4.79 Å². The van der Waals surface area contributed by atoms with Crippen molar-refractivity contribution >= 4 is 17.7 Å². The Balaban J connectivity index is 1.69. The molecule has 20 heavy (non-hydrogen) atoms. The molecule has 0 aromatic heterocycles. The van der Waals surface area contributed by atoms with Crippen LogP contribution in [0.5, 0.6) is 0 Å². The topological polar surface area (TPSA) is 40.5 Å². The lowest BCUT2D eigenvalue weighted by Crippen LogP contribution is -2.43. The minimum atomic E-state index is -0.640. The van der Waals surface area contributed by atoms with Crippen LogP contribution in [-0.2, 0) is 10.5 Å². The Kier molecular flexibility index (Phi) is 5.92. The zero-order chi connectivity index (χ0) is 14.4. The Morgan fingerprint density at radius 1 is 1.35 bits per heavy atom. The molecule has 1 aliphatic heterocycles. The van der Waals surface area contributed by atoms with Crippen LogP contribution in [0, 0.1) is 11.8 Å². The number of carboxylic acids is 1. The Morgan fingerprint density at radius 2 is 2.10 bits per heavy atom.